The lowest BCUT2D eigenvalue weighted by molar-refractivity contribution is -0.136. The predicted molar refractivity (Wildman–Crippen MR) is 200 cm³/mol. The number of amides is 4. The molecule has 4 amide bonds. The van der Waals surface area contributed by atoms with Crippen molar-refractivity contribution in [1.29, 1.82) is 0 Å². The number of aromatic amines is 1. The molecule has 2 aliphatic heterocycles. The summed E-state index contributed by atoms with van der Waals surface area (Å²) >= 11 is 11.5. The maximum atomic E-state index is 15.4. The molecule has 0 aliphatic carbocycles. The van der Waals surface area contributed by atoms with Crippen molar-refractivity contribution in [2.45, 2.75) is 42.0 Å². The highest BCUT2D eigenvalue weighted by atomic mass is 79.9. The number of thioether (sulfide) groups is 1. The number of benzene rings is 3. The number of halogens is 2. The molecule has 9 nitrogen and oxygen atoms in total. The van der Waals surface area contributed by atoms with Crippen LogP contribution in [0.3, 0.4) is 0 Å². The fourth-order valence-electron chi connectivity index (χ4n) is 7.06. The van der Waals surface area contributed by atoms with Crippen molar-refractivity contribution >= 4 is 68.0 Å². The van der Waals surface area contributed by atoms with Gasteiger partial charge in [0.1, 0.15) is 4.75 Å². The van der Waals surface area contributed by atoms with Gasteiger partial charge in [-0.15, -0.1) is 11.8 Å². The Morgan fingerprint density at radius 2 is 1.71 bits per heavy atom. The maximum absolute atomic E-state index is 15.4. The van der Waals surface area contributed by atoms with E-state index in [1.54, 1.807) is 4.90 Å². The number of nitrogens with zero attached hydrogens (tertiary/aromatic N) is 4. The molecule has 2 N–H and O–H groups in total. The van der Waals surface area contributed by atoms with Crippen molar-refractivity contribution in [3.05, 3.63) is 99.1 Å². The van der Waals surface area contributed by atoms with Crippen molar-refractivity contribution in [3.8, 4) is 0 Å². The SMILES string of the molecule is CCNC(=O)N1CCN(C(=O)[C@]2(Sc3ccc(C)cc3)CC(=O)N(C(CN(C)C)c3ccc(Br)cc3)C2c2c[nH]c3cc(Cl)ccc23)CC1. The second-order valence-electron chi connectivity index (χ2n) is 13.1. The molecule has 3 aromatic carbocycles. The Morgan fingerprint density at radius 3 is 2.37 bits per heavy atom. The lowest BCUT2D eigenvalue weighted by atomic mass is 9.89. The lowest BCUT2D eigenvalue weighted by Gasteiger charge is -2.44. The lowest BCUT2D eigenvalue weighted by Crippen LogP contribution is -2.58. The van der Waals surface area contributed by atoms with Gasteiger partial charge in [-0.05, 0) is 69.9 Å². The number of rotatable bonds is 9. The van der Waals surface area contributed by atoms with Crippen LogP contribution >= 0.6 is 39.3 Å². The molecule has 0 saturated carbocycles. The van der Waals surface area contributed by atoms with Gasteiger partial charge in [0.2, 0.25) is 11.8 Å². The van der Waals surface area contributed by atoms with Gasteiger partial charge in [0.25, 0.3) is 0 Å². The first-order chi connectivity index (χ1) is 23.5. The Balaban J connectivity index is 1.53. The Bertz CT molecular complexity index is 1830. The van der Waals surface area contributed by atoms with E-state index in [0.717, 1.165) is 37.0 Å². The van der Waals surface area contributed by atoms with Crippen LogP contribution in [0.2, 0.25) is 5.02 Å². The Labute approximate surface area is 305 Å². The molecule has 12 heteroatoms. The number of carbonyl (C=O) groups excluding carboxylic acids is 3. The van der Waals surface area contributed by atoms with E-state index >= 15 is 4.79 Å². The molecule has 1 aromatic heterocycles. The van der Waals surface area contributed by atoms with Crippen molar-refractivity contribution in [3.63, 3.8) is 0 Å². The quantitative estimate of drug-likeness (QED) is 0.194. The van der Waals surface area contributed by atoms with Gasteiger partial charge in [-0.2, -0.15) is 0 Å². The number of fused-ring (bicyclic) bond motifs is 1. The number of aryl methyl sites for hydroxylation is 1. The van der Waals surface area contributed by atoms with E-state index in [1.165, 1.54) is 11.8 Å². The number of piperazine rings is 1. The minimum atomic E-state index is -1.21. The molecule has 0 radical (unpaired) electrons. The molecule has 6 rings (SSSR count). The average Bonchev–Trinajstić information content (AvgIpc) is 3.62. The Kier molecular flexibility index (Phi) is 10.6. The summed E-state index contributed by atoms with van der Waals surface area (Å²) < 4.78 is -0.265. The van der Waals surface area contributed by atoms with Gasteiger partial charge >= 0.3 is 6.03 Å². The Morgan fingerprint density at radius 1 is 1.04 bits per heavy atom. The monoisotopic (exact) mass is 764 g/mol. The molecule has 2 aliphatic rings. The van der Waals surface area contributed by atoms with Gasteiger partial charge in [-0.25, -0.2) is 4.79 Å². The number of hydrogen-bond donors (Lipinski definition) is 2. The van der Waals surface area contributed by atoms with Crippen molar-refractivity contribution in [2.24, 2.45) is 0 Å². The van der Waals surface area contributed by atoms with Gasteiger partial charge in [-0.3, -0.25) is 9.59 Å². The number of carbonyl (C=O) groups is 3. The van der Waals surface area contributed by atoms with E-state index in [-0.39, 0.29) is 30.3 Å². The highest BCUT2D eigenvalue weighted by Gasteiger charge is 2.61. The van der Waals surface area contributed by atoms with E-state index in [2.05, 4.69) is 31.1 Å². The van der Waals surface area contributed by atoms with Crippen molar-refractivity contribution in [1.82, 2.24) is 29.9 Å². The first-order valence-corrected chi connectivity index (χ1v) is 18.5. The van der Waals surface area contributed by atoms with Gasteiger partial charge < -0.3 is 29.9 Å². The predicted octanol–water partition coefficient (Wildman–Crippen LogP) is 6.87. The molecule has 2 unspecified atom stereocenters. The number of H-pyrrole nitrogens is 1. The minimum Gasteiger partial charge on any atom is -0.361 e. The standard InChI is InChI=1S/C37H42BrClN6O3S/c1-5-40-36(48)44-18-16-43(17-19-44)35(47)37(49-28-13-6-24(2)7-14-28)21-33(46)45(32(23-42(3)4)25-8-10-26(38)11-9-25)34(37)30-22-41-31-20-27(39)12-15-29(30)31/h6-15,20,22,32,34,41H,5,16-19,21,23H2,1-4H3,(H,40,48)/t32?,34?,37-/m0/s1. The summed E-state index contributed by atoms with van der Waals surface area (Å²) in [7, 11) is 4.01. The summed E-state index contributed by atoms with van der Waals surface area (Å²) in [5, 5.41) is 4.38. The topological polar surface area (TPSA) is 92.0 Å². The van der Waals surface area contributed by atoms with Crippen LogP contribution in [-0.2, 0) is 9.59 Å². The summed E-state index contributed by atoms with van der Waals surface area (Å²) in [6.07, 6.45) is 1.96. The van der Waals surface area contributed by atoms with Crippen LogP contribution in [0.25, 0.3) is 10.9 Å². The van der Waals surface area contributed by atoms with E-state index < -0.39 is 10.8 Å². The molecule has 49 heavy (non-hydrogen) atoms. The van der Waals surface area contributed by atoms with Crippen molar-refractivity contribution in [2.75, 3.05) is 53.4 Å². The van der Waals surface area contributed by atoms with E-state index in [9.17, 15) is 9.59 Å². The average molecular weight is 766 g/mol. The smallest absolute Gasteiger partial charge is 0.317 e. The fourth-order valence-corrected chi connectivity index (χ4v) is 8.95. The van der Waals surface area contributed by atoms with Crippen molar-refractivity contribution < 1.29 is 14.4 Å². The van der Waals surface area contributed by atoms with E-state index in [0.29, 0.717) is 44.3 Å². The third-order valence-corrected chi connectivity index (χ3v) is 11.6. The van der Waals surface area contributed by atoms with Gasteiger partial charge in [0.05, 0.1) is 18.5 Å². The summed E-state index contributed by atoms with van der Waals surface area (Å²) in [5.74, 6) is -0.186. The fraction of sp³-hybridized carbons (Fsp3) is 0.378. The number of likely N-dealkylation sites (N-methyl/N-ethyl adjacent to an activating group) is 1. The van der Waals surface area contributed by atoms with Gasteiger partial charge in [-0.1, -0.05) is 63.4 Å². The molecule has 2 fully saturated rings. The highest BCUT2D eigenvalue weighted by molar-refractivity contribution is 9.10. The van der Waals surface area contributed by atoms with Gasteiger partial charge in [0.15, 0.2) is 0 Å². The first-order valence-electron chi connectivity index (χ1n) is 16.6. The molecule has 258 valence electrons. The third kappa shape index (κ3) is 7.22. The summed E-state index contributed by atoms with van der Waals surface area (Å²) in [4.78, 5) is 54.8. The number of urea groups is 1. The molecule has 0 spiro atoms. The van der Waals surface area contributed by atoms with E-state index in [4.69, 9.17) is 11.6 Å². The van der Waals surface area contributed by atoms with Crippen LogP contribution in [0.4, 0.5) is 4.79 Å². The second-order valence-corrected chi connectivity index (χ2v) is 15.8. The summed E-state index contributed by atoms with van der Waals surface area (Å²) in [5.41, 5.74) is 3.80. The van der Waals surface area contributed by atoms with Crippen LogP contribution in [-0.4, -0.2) is 101 Å². The summed E-state index contributed by atoms with van der Waals surface area (Å²) in [6, 6.07) is 20.8. The zero-order valence-corrected chi connectivity index (χ0v) is 31.4. The molecule has 0 bridgehead atoms. The minimum absolute atomic E-state index is 0.0201. The zero-order chi connectivity index (χ0) is 34.9. The van der Waals surface area contributed by atoms with Crippen LogP contribution in [0.1, 0.15) is 42.1 Å². The molecule has 3 heterocycles. The van der Waals surface area contributed by atoms with Crippen LogP contribution < -0.4 is 5.32 Å². The van der Waals surface area contributed by atoms with E-state index in [1.807, 2.05) is 111 Å². The first kappa shape index (κ1) is 35.3. The Hall–Kier alpha value is -3.51. The third-order valence-electron chi connectivity index (χ3n) is 9.39. The molecular weight excluding hydrogens is 724 g/mol. The van der Waals surface area contributed by atoms with Crippen LogP contribution in [0, 0.1) is 6.92 Å². The zero-order valence-electron chi connectivity index (χ0n) is 28.2. The molecular formula is C37H42BrClN6O3S. The number of likely N-dealkylation sites (tertiary alicyclic amines) is 1. The summed E-state index contributed by atoms with van der Waals surface area (Å²) in [6.45, 7) is 6.61. The van der Waals surface area contributed by atoms with Crippen LogP contribution in [0.5, 0.6) is 0 Å². The number of nitrogens with one attached hydrogen (secondary N) is 2. The molecule has 3 atom stereocenters. The number of aromatic nitrogens is 1. The highest BCUT2D eigenvalue weighted by Crippen LogP contribution is 2.57. The normalized spacial score (nSPS) is 20.3. The number of hydrogen-bond acceptors (Lipinski definition) is 5. The second kappa shape index (κ2) is 14.8. The largest absolute Gasteiger partial charge is 0.361 e. The van der Waals surface area contributed by atoms with Crippen LogP contribution in [0.15, 0.2) is 82.3 Å². The molecule has 2 saturated heterocycles. The van der Waals surface area contributed by atoms with Gasteiger partial charge in [0, 0.05) is 76.3 Å². The molecule has 4 aromatic rings. The maximum Gasteiger partial charge on any atom is 0.317 e.